The van der Waals surface area contributed by atoms with E-state index in [0.717, 1.165) is 16.5 Å². The van der Waals surface area contributed by atoms with Gasteiger partial charge in [-0.2, -0.15) is 0 Å². The van der Waals surface area contributed by atoms with Crippen molar-refractivity contribution in [3.05, 3.63) is 54.2 Å². The molecule has 1 atom stereocenters. The first-order valence-corrected chi connectivity index (χ1v) is 8.44. The molecule has 1 heterocycles. The maximum atomic E-state index is 13.0. The summed E-state index contributed by atoms with van der Waals surface area (Å²) in [7, 11) is 0. The lowest BCUT2D eigenvalue weighted by Gasteiger charge is -2.14. The Balaban J connectivity index is 2.15. The number of alkyl halides is 3. The fourth-order valence-corrected chi connectivity index (χ4v) is 3.11. The molecule has 26 heavy (non-hydrogen) atoms. The first kappa shape index (κ1) is 18.3. The number of benzene rings is 2. The molecule has 0 fully saturated rings. The molecule has 3 nitrogen and oxygen atoms in total. The summed E-state index contributed by atoms with van der Waals surface area (Å²) in [6.07, 6.45) is -0.992. The lowest BCUT2D eigenvalue weighted by atomic mass is 10.0. The fourth-order valence-electron chi connectivity index (χ4n) is 2.98. The van der Waals surface area contributed by atoms with Gasteiger partial charge in [0.15, 0.2) is 0 Å². The molecule has 3 aromatic rings. The molecule has 0 amide bonds. The molecular weight excluding hydrogens is 359 g/mol. The Hall–Kier alpha value is -2.54. The number of nitrogens with two attached hydrogens (primary N) is 2. The van der Waals surface area contributed by atoms with Gasteiger partial charge in [-0.05, 0) is 23.8 Å². The summed E-state index contributed by atoms with van der Waals surface area (Å²) in [5.41, 5.74) is 15.1. The highest BCUT2D eigenvalue weighted by molar-refractivity contribution is 7.80. The van der Waals surface area contributed by atoms with Crippen molar-refractivity contribution in [2.45, 2.75) is 13.0 Å². The number of nitrogen functional groups attached to an aromatic ring is 1. The second-order valence-corrected chi connectivity index (χ2v) is 6.61. The monoisotopic (exact) mass is 377 g/mol. The molecular formula is C19H18F3N3S. The zero-order valence-electron chi connectivity index (χ0n) is 13.8. The molecule has 3 rings (SSSR count). The van der Waals surface area contributed by atoms with E-state index >= 15 is 0 Å². The van der Waals surface area contributed by atoms with Gasteiger partial charge in [-0.15, -0.1) is 0 Å². The van der Waals surface area contributed by atoms with Gasteiger partial charge < -0.3 is 16.0 Å². The summed E-state index contributed by atoms with van der Waals surface area (Å²) in [6.45, 7) is -1.23. The van der Waals surface area contributed by atoms with E-state index in [4.69, 9.17) is 23.7 Å². The van der Waals surface area contributed by atoms with Crippen molar-refractivity contribution in [2.75, 3.05) is 12.4 Å². The molecule has 7 heteroatoms. The molecule has 0 aliphatic heterocycles. The van der Waals surface area contributed by atoms with Gasteiger partial charge in [0.2, 0.25) is 6.43 Å². The Morgan fingerprint density at radius 2 is 1.92 bits per heavy atom. The molecule has 136 valence electrons. The van der Waals surface area contributed by atoms with E-state index < -0.39 is 19.0 Å². The number of hydrogen-bond acceptors (Lipinski definition) is 2. The van der Waals surface area contributed by atoms with E-state index in [9.17, 15) is 13.2 Å². The number of hydrogen-bond donors (Lipinski definition) is 2. The standard InChI is InChI=1S/C19H18F3N3S/c20-8-13(18(21)22)9-25-10-16(15-5-4-14(23)7-17(15)25)11-2-1-3-12(6-11)19(24)26/h1-7,10,13,18H,8-9,23H2,(H2,24,26). The van der Waals surface area contributed by atoms with E-state index in [1.165, 1.54) is 0 Å². The van der Waals surface area contributed by atoms with Crippen molar-refractivity contribution in [3.8, 4) is 11.1 Å². The molecule has 0 spiro atoms. The fraction of sp³-hybridized carbons (Fsp3) is 0.211. The summed E-state index contributed by atoms with van der Waals surface area (Å²) in [5.74, 6) is -1.37. The second kappa shape index (κ2) is 7.37. The van der Waals surface area contributed by atoms with Crippen LogP contribution >= 0.6 is 12.2 Å². The molecule has 1 aromatic heterocycles. The van der Waals surface area contributed by atoms with E-state index in [-0.39, 0.29) is 11.5 Å². The number of rotatable bonds is 6. The van der Waals surface area contributed by atoms with Crippen LogP contribution in [0.2, 0.25) is 0 Å². The molecule has 1 unspecified atom stereocenters. The van der Waals surface area contributed by atoms with Crippen LogP contribution in [0.1, 0.15) is 5.56 Å². The number of nitrogens with zero attached hydrogens (tertiary/aromatic N) is 1. The van der Waals surface area contributed by atoms with Crippen LogP contribution in [-0.4, -0.2) is 22.7 Å². The van der Waals surface area contributed by atoms with Crippen molar-refractivity contribution in [1.82, 2.24) is 4.57 Å². The van der Waals surface area contributed by atoms with Crippen LogP contribution in [0.15, 0.2) is 48.7 Å². The number of thiocarbonyl (C=S) groups is 1. The predicted molar refractivity (Wildman–Crippen MR) is 103 cm³/mol. The molecule has 0 bridgehead atoms. The summed E-state index contributed by atoms with van der Waals surface area (Å²) in [5, 5.41) is 0.839. The van der Waals surface area contributed by atoms with Gasteiger partial charge in [0.1, 0.15) is 4.99 Å². The SMILES string of the molecule is NC(=S)c1cccc(-c2cn(CC(CF)C(F)F)c3cc(N)ccc23)c1. The lowest BCUT2D eigenvalue weighted by Crippen LogP contribution is -2.20. The maximum absolute atomic E-state index is 13.0. The van der Waals surface area contributed by atoms with E-state index in [0.29, 0.717) is 16.8 Å². The van der Waals surface area contributed by atoms with Crippen LogP contribution < -0.4 is 11.5 Å². The summed E-state index contributed by atoms with van der Waals surface area (Å²) >= 11 is 5.02. The van der Waals surface area contributed by atoms with Crippen LogP contribution in [0, 0.1) is 5.92 Å². The normalized spacial score (nSPS) is 12.6. The zero-order chi connectivity index (χ0) is 18.8. The van der Waals surface area contributed by atoms with Gasteiger partial charge in [-0.25, -0.2) is 8.78 Å². The Kier molecular flexibility index (Phi) is 5.18. The average Bonchev–Trinajstić information content (AvgIpc) is 2.97. The topological polar surface area (TPSA) is 57.0 Å². The highest BCUT2D eigenvalue weighted by Gasteiger charge is 2.22. The van der Waals surface area contributed by atoms with E-state index in [1.807, 2.05) is 24.3 Å². The van der Waals surface area contributed by atoms with Gasteiger partial charge in [0.05, 0.1) is 18.1 Å². The first-order chi connectivity index (χ1) is 12.4. The maximum Gasteiger partial charge on any atom is 0.245 e. The minimum absolute atomic E-state index is 0.136. The summed E-state index contributed by atoms with van der Waals surface area (Å²) in [6, 6.07) is 12.6. The Bertz CT molecular complexity index is 952. The molecule has 0 saturated carbocycles. The van der Waals surface area contributed by atoms with Gasteiger partial charge >= 0.3 is 0 Å². The molecule has 0 radical (unpaired) electrons. The number of anilines is 1. The summed E-state index contributed by atoms with van der Waals surface area (Å²) in [4.78, 5) is 0.273. The van der Waals surface area contributed by atoms with Crippen LogP contribution in [-0.2, 0) is 6.54 Å². The first-order valence-electron chi connectivity index (χ1n) is 8.03. The third-order valence-electron chi connectivity index (χ3n) is 4.35. The van der Waals surface area contributed by atoms with Gasteiger partial charge in [-0.3, -0.25) is 4.39 Å². The smallest absolute Gasteiger partial charge is 0.245 e. The number of halogens is 3. The third kappa shape index (κ3) is 3.53. The van der Waals surface area contributed by atoms with Gasteiger partial charge in [0.25, 0.3) is 0 Å². The lowest BCUT2D eigenvalue weighted by molar-refractivity contribution is 0.0537. The van der Waals surface area contributed by atoms with Crippen LogP contribution in [0.5, 0.6) is 0 Å². The van der Waals surface area contributed by atoms with Crippen LogP contribution in [0.3, 0.4) is 0 Å². The van der Waals surface area contributed by atoms with Crippen molar-refractivity contribution in [1.29, 1.82) is 0 Å². The third-order valence-corrected chi connectivity index (χ3v) is 4.59. The van der Waals surface area contributed by atoms with Crippen molar-refractivity contribution >= 4 is 33.8 Å². The highest BCUT2D eigenvalue weighted by atomic mass is 32.1. The quantitative estimate of drug-likeness (QED) is 0.495. The summed E-state index contributed by atoms with van der Waals surface area (Å²) < 4.78 is 40.7. The van der Waals surface area contributed by atoms with Crippen LogP contribution in [0.4, 0.5) is 18.9 Å². The number of fused-ring (bicyclic) bond motifs is 1. The van der Waals surface area contributed by atoms with Crippen LogP contribution in [0.25, 0.3) is 22.0 Å². The molecule has 0 aliphatic carbocycles. The average molecular weight is 377 g/mol. The van der Waals surface area contributed by atoms with Crippen molar-refractivity contribution in [2.24, 2.45) is 11.7 Å². The molecule has 2 aromatic carbocycles. The molecule has 4 N–H and O–H groups in total. The highest BCUT2D eigenvalue weighted by Crippen LogP contribution is 2.33. The second-order valence-electron chi connectivity index (χ2n) is 6.17. The van der Waals surface area contributed by atoms with E-state index in [1.54, 1.807) is 29.0 Å². The van der Waals surface area contributed by atoms with Crippen molar-refractivity contribution < 1.29 is 13.2 Å². The Morgan fingerprint density at radius 3 is 2.58 bits per heavy atom. The van der Waals surface area contributed by atoms with Gasteiger partial charge in [-0.1, -0.05) is 36.5 Å². The molecule has 0 saturated heterocycles. The minimum atomic E-state index is -2.74. The zero-order valence-corrected chi connectivity index (χ0v) is 14.6. The molecule has 0 aliphatic rings. The Labute approximate surface area is 154 Å². The van der Waals surface area contributed by atoms with Gasteiger partial charge in [0, 0.05) is 34.9 Å². The minimum Gasteiger partial charge on any atom is -0.399 e. The van der Waals surface area contributed by atoms with Crippen molar-refractivity contribution in [3.63, 3.8) is 0 Å². The number of aromatic nitrogens is 1. The van der Waals surface area contributed by atoms with E-state index in [2.05, 4.69) is 0 Å². The largest absolute Gasteiger partial charge is 0.399 e. The Morgan fingerprint density at radius 1 is 1.15 bits per heavy atom. The predicted octanol–water partition coefficient (Wildman–Crippen LogP) is 4.38.